The van der Waals surface area contributed by atoms with Crippen LogP contribution in [-0.4, -0.2) is 11.1 Å². The minimum Gasteiger partial charge on any atom is -0.478 e. The number of nitrogens with one attached hydrogen (secondary N) is 1. The summed E-state index contributed by atoms with van der Waals surface area (Å²) in [5, 5.41) is 12.3. The molecule has 0 amide bonds. The summed E-state index contributed by atoms with van der Waals surface area (Å²) in [6.07, 6.45) is 1.00. The quantitative estimate of drug-likeness (QED) is 0.848. The number of carboxylic acid groups (broad SMARTS) is 1. The highest BCUT2D eigenvalue weighted by molar-refractivity contribution is 5.88. The molecular formula is C16H19NO3. The standard InChI is InChI=1S/C16H19NO3/c1-3-12-6-4-5-7-13(12)9-17-10-14-8-15(16(18)19)11(2)20-14/h4-8,17H,3,9-10H2,1-2H3,(H,18,19). The second-order valence-electron chi connectivity index (χ2n) is 4.71. The molecule has 106 valence electrons. The van der Waals surface area contributed by atoms with E-state index in [2.05, 4.69) is 24.4 Å². The van der Waals surface area contributed by atoms with Crippen molar-refractivity contribution in [2.45, 2.75) is 33.4 Å². The number of hydrogen-bond acceptors (Lipinski definition) is 3. The van der Waals surface area contributed by atoms with Gasteiger partial charge in [0.25, 0.3) is 0 Å². The van der Waals surface area contributed by atoms with E-state index >= 15 is 0 Å². The van der Waals surface area contributed by atoms with E-state index in [1.807, 2.05) is 12.1 Å². The molecule has 1 aromatic heterocycles. The molecule has 0 atom stereocenters. The molecule has 0 spiro atoms. The van der Waals surface area contributed by atoms with Crippen LogP contribution in [0.4, 0.5) is 0 Å². The Kier molecular flexibility index (Phi) is 4.58. The second-order valence-corrected chi connectivity index (χ2v) is 4.71. The number of carboxylic acids is 1. The number of aromatic carboxylic acids is 1. The molecule has 0 fully saturated rings. The van der Waals surface area contributed by atoms with Gasteiger partial charge in [-0.05, 0) is 30.5 Å². The van der Waals surface area contributed by atoms with Crippen LogP contribution in [0.1, 0.15) is 39.9 Å². The van der Waals surface area contributed by atoms with E-state index in [9.17, 15) is 4.79 Å². The SMILES string of the molecule is CCc1ccccc1CNCc1cc(C(=O)O)c(C)o1. The lowest BCUT2D eigenvalue weighted by atomic mass is 10.1. The Bertz CT molecular complexity index is 602. The second kappa shape index (κ2) is 6.39. The first-order chi connectivity index (χ1) is 9.61. The van der Waals surface area contributed by atoms with Crippen molar-refractivity contribution in [3.63, 3.8) is 0 Å². The normalized spacial score (nSPS) is 10.7. The summed E-state index contributed by atoms with van der Waals surface area (Å²) in [5.41, 5.74) is 2.81. The van der Waals surface area contributed by atoms with E-state index in [-0.39, 0.29) is 5.56 Å². The van der Waals surface area contributed by atoms with Gasteiger partial charge >= 0.3 is 5.97 Å². The topological polar surface area (TPSA) is 62.5 Å². The van der Waals surface area contributed by atoms with Crippen LogP contribution in [0.25, 0.3) is 0 Å². The fourth-order valence-electron chi connectivity index (χ4n) is 2.24. The molecule has 2 aromatic rings. The zero-order valence-corrected chi connectivity index (χ0v) is 11.8. The minimum atomic E-state index is -0.950. The van der Waals surface area contributed by atoms with Gasteiger partial charge in [0.05, 0.1) is 6.54 Å². The van der Waals surface area contributed by atoms with Gasteiger partial charge in [0, 0.05) is 6.54 Å². The Morgan fingerprint density at radius 2 is 1.95 bits per heavy atom. The molecule has 0 radical (unpaired) electrons. The Balaban J connectivity index is 1.96. The van der Waals surface area contributed by atoms with Crippen LogP contribution in [0.15, 0.2) is 34.7 Å². The molecule has 0 unspecified atom stereocenters. The molecule has 4 nitrogen and oxygen atoms in total. The van der Waals surface area contributed by atoms with E-state index in [0.717, 1.165) is 13.0 Å². The zero-order valence-electron chi connectivity index (χ0n) is 11.8. The van der Waals surface area contributed by atoms with Gasteiger partial charge < -0.3 is 14.8 Å². The maximum absolute atomic E-state index is 10.9. The van der Waals surface area contributed by atoms with Crippen molar-refractivity contribution in [2.75, 3.05) is 0 Å². The van der Waals surface area contributed by atoms with Crippen LogP contribution in [-0.2, 0) is 19.5 Å². The number of furan rings is 1. The van der Waals surface area contributed by atoms with E-state index in [1.54, 1.807) is 13.0 Å². The molecule has 20 heavy (non-hydrogen) atoms. The Morgan fingerprint density at radius 3 is 2.55 bits per heavy atom. The number of carbonyl (C=O) groups is 1. The highest BCUT2D eigenvalue weighted by Crippen LogP contribution is 2.15. The van der Waals surface area contributed by atoms with Gasteiger partial charge in [-0.2, -0.15) is 0 Å². The van der Waals surface area contributed by atoms with Crippen LogP contribution < -0.4 is 5.32 Å². The van der Waals surface area contributed by atoms with E-state index < -0.39 is 5.97 Å². The highest BCUT2D eigenvalue weighted by Gasteiger charge is 2.13. The van der Waals surface area contributed by atoms with Crippen LogP contribution in [0.2, 0.25) is 0 Å². The van der Waals surface area contributed by atoms with E-state index in [4.69, 9.17) is 9.52 Å². The Morgan fingerprint density at radius 1 is 1.25 bits per heavy atom. The molecule has 0 saturated heterocycles. The lowest BCUT2D eigenvalue weighted by Gasteiger charge is -2.08. The summed E-state index contributed by atoms with van der Waals surface area (Å²) in [6.45, 7) is 5.06. The van der Waals surface area contributed by atoms with Crippen molar-refractivity contribution in [3.8, 4) is 0 Å². The maximum Gasteiger partial charge on any atom is 0.339 e. The number of aryl methyl sites for hydroxylation is 2. The third-order valence-corrected chi connectivity index (χ3v) is 3.31. The van der Waals surface area contributed by atoms with Gasteiger partial charge in [-0.1, -0.05) is 31.2 Å². The first kappa shape index (κ1) is 14.3. The molecule has 2 rings (SSSR count). The number of hydrogen-bond donors (Lipinski definition) is 2. The molecular weight excluding hydrogens is 254 g/mol. The third-order valence-electron chi connectivity index (χ3n) is 3.31. The summed E-state index contributed by atoms with van der Waals surface area (Å²) < 4.78 is 5.43. The number of rotatable bonds is 6. The average Bonchev–Trinajstić information content (AvgIpc) is 2.80. The lowest BCUT2D eigenvalue weighted by Crippen LogP contribution is -2.13. The summed E-state index contributed by atoms with van der Waals surface area (Å²) in [5.74, 6) is 0.144. The third kappa shape index (κ3) is 3.27. The largest absolute Gasteiger partial charge is 0.478 e. The molecule has 4 heteroatoms. The molecule has 0 saturated carbocycles. The van der Waals surface area contributed by atoms with Crippen molar-refractivity contribution >= 4 is 5.97 Å². The fourth-order valence-corrected chi connectivity index (χ4v) is 2.24. The fraction of sp³-hybridized carbons (Fsp3) is 0.312. The molecule has 0 bridgehead atoms. The summed E-state index contributed by atoms with van der Waals surface area (Å²) >= 11 is 0. The molecule has 0 aliphatic heterocycles. The van der Waals surface area contributed by atoms with E-state index in [0.29, 0.717) is 18.1 Å². The van der Waals surface area contributed by atoms with Crippen molar-refractivity contribution < 1.29 is 14.3 Å². The first-order valence-electron chi connectivity index (χ1n) is 6.72. The van der Waals surface area contributed by atoms with Crippen molar-refractivity contribution in [1.82, 2.24) is 5.32 Å². The van der Waals surface area contributed by atoms with Crippen LogP contribution in [0, 0.1) is 6.92 Å². The smallest absolute Gasteiger partial charge is 0.339 e. The van der Waals surface area contributed by atoms with Gasteiger partial charge in [0.2, 0.25) is 0 Å². The first-order valence-corrected chi connectivity index (χ1v) is 6.72. The van der Waals surface area contributed by atoms with Crippen LogP contribution in [0.3, 0.4) is 0 Å². The predicted octanol–water partition coefficient (Wildman–Crippen LogP) is 3.14. The Hall–Kier alpha value is -2.07. The van der Waals surface area contributed by atoms with E-state index in [1.165, 1.54) is 11.1 Å². The maximum atomic E-state index is 10.9. The zero-order chi connectivity index (χ0) is 14.5. The van der Waals surface area contributed by atoms with Crippen molar-refractivity contribution in [2.24, 2.45) is 0 Å². The van der Waals surface area contributed by atoms with Crippen molar-refractivity contribution in [1.29, 1.82) is 0 Å². The average molecular weight is 273 g/mol. The van der Waals surface area contributed by atoms with Gasteiger partial charge in [-0.3, -0.25) is 0 Å². The lowest BCUT2D eigenvalue weighted by molar-refractivity contribution is 0.0695. The molecule has 1 aromatic carbocycles. The molecule has 0 aliphatic carbocycles. The minimum absolute atomic E-state index is 0.232. The van der Waals surface area contributed by atoms with Gasteiger partial charge in [0.15, 0.2) is 0 Å². The van der Waals surface area contributed by atoms with Crippen LogP contribution >= 0.6 is 0 Å². The predicted molar refractivity (Wildman–Crippen MR) is 76.8 cm³/mol. The molecule has 2 N–H and O–H groups in total. The Labute approximate surface area is 118 Å². The molecule has 1 heterocycles. The summed E-state index contributed by atoms with van der Waals surface area (Å²) in [4.78, 5) is 10.9. The monoisotopic (exact) mass is 273 g/mol. The highest BCUT2D eigenvalue weighted by atomic mass is 16.4. The van der Waals surface area contributed by atoms with Gasteiger partial charge in [-0.25, -0.2) is 4.79 Å². The van der Waals surface area contributed by atoms with Crippen molar-refractivity contribution in [3.05, 3.63) is 58.5 Å². The van der Waals surface area contributed by atoms with Gasteiger partial charge in [-0.15, -0.1) is 0 Å². The summed E-state index contributed by atoms with van der Waals surface area (Å²) in [7, 11) is 0. The summed E-state index contributed by atoms with van der Waals surface area (Å²) in [6, 6.07) is 9.86. The van der Waals surface area contributed by atoms with Gasteiger partial charge in [0.1, 0.15) is 17.1 Å². The molecule has 0 aliphatic rings. The van der Waals surface area contributed by atoms with Crippen LogP contribution in [0.5, 0.6) is 0 Å². The number of benzene rings is 1.